The van der Waals surface area contributed by atoms with E-state index in [0.717, 1.165) is 0 Å². The molecule has 0 aliphatic carbocycles. The average Bonchev–Trinajstić information content (AvgIpc) is 2.35. The lowest BCUT2D eigenvalue weighted by molar-refractivity contribution is -0.384. The smallest absolute Gasteiger partial charge is 0.288 e. The summed E-state index contributed by atoms with van der Waals surface area (Å²) in [6.07, 6.45) is -1.29. The van der Waals surface area contributed by atoms with Gasteiger partial charge in [-0.1, -0.05) is 58.0 Å². The van der Waals surface area contributed by atoms with Crippen molar-refractivity contribution in [1.29, 1.82) is 0 Å². The molecule has 0 radical (unpaired) electrons. The molecule has 0 spiro atoms. The molecular weight excluding hydrogens is 375 g/mol. The maximum absolute atomic E-state index is 10.8. The topological polar surface area (TPSA) is 61.6 Å². The first-order valence-electron chi connectivity index (χ1n) is 4.94. The van der Waals surface area contributed by atoms with Crippen molar-refractivity contribution >= 4 is 69.5 Å². The van der Waals surface area contributed by atoms with E-state index in [4.69, 9.17) is 67.5 Å². The molecular formula is C10H4Cl5NO4. The fourth-order valence-electron chi connectivity index (χ4n) is 1.50. The number of hydrogen-bond donors (Lipinski definition) is 0. The van der Waals surface area contributed by atoms with Crippen LogP contribution in [0.3, 0.4) is 0 Å². The van der Waals surface area contributed by atoms with Gasteiger partial charge in [-0.3, -0.25) is 10.1 Å². The summed E-state index contributed by atoms with van der Waals surface area (Å²) in [4.78, 5) is 10.2. The Morgan fingerprint density at radius 3 is 2.40 bits per heavy atom. The lowest BCUT2D eigenvalue weighted by Crippen LogP contribution is -2.36. The summed E-state index contributed by atoms with van der Waals surface area (Å²) in [5, 5.41) is 10.8. The molecule has 1 aromatic carbocycles. The molecule has 0 saturated carbocycles. The van der Waals surface area contributed by atoms with Crippen LogP contribution in [0.5, 0.6) is 5.75 Å². The van der Waals surface area contributed by atoms with E-state index in [1.165, 1.54) is 18.2 Å². The highest BCUT2D eigenvalue weighted by molar-refractivity contribution is 6.68. The minimum Gasteiger partial charge on any atom is -0.450 e. The van der Waals surface area contributed by atoms with Gasteiger partial charge in [-0.05, 0) is 6.07 Å². The predicted molar refractivity (Wildman–Crippen MR) is 77.5 cm³/mol. The summed E-state index contributed by atoms with van der Waals surface area (Å²) in [6.45, 7) is 0. The van der Waals surface area contributed by atoms with E-state index in [1.54, 1.807) is 0 Å². The van der Waals surface area contributed by atoms with Gasteiger partial charge in [0.25, 0.3) is 15.8 Å². The summed E-state index contributed by atoms with van der Waals surface area (Å²) in [5.41, 5.74) is 0.0140. The Kier molecular flexibility index (Phi) is 4.47. The number of rotatable bonds is 1. The van der Waals surface area contributed by atoms with Gasteiger partial charge in [0.1, 0.15) is 10.2 Å². The van der Waals surface area contributed by atoms with Crippen LogP contribution >= 0.6 is 58.0 Å². The highest BCUT2D eigenvalue weighted by Crippen LogP contribution is 2.45. The highest BCUT2D eigenvalue weighted by atomic mass is 35.6. The van der Waals surface area contributed by atoms with E-state index >= 15 is 0 Å². The number of fused-ring (bicyclic) bond motifs is 1. The van der Waals surface area contributed by atoms with Crippen LogP contribution in [-0.4, -0.2) is 15.0 Å². The molecule has 1 heterocycles. The number of nitro groups is 1. The molecule has 108 valence electrons. The first-order chi connectivity index (χ1) is 9.20. The second-order valence-electron chi connectivity index (χ2n) is 3.64. The zero-order valence-electron chi connectivity index (χ0n) is 9.28. The second kappa shape index (κ2) is 5.66. The Balaban J connectivity index is 2.54. The van der Waals surface area contributed by atoms with Crippen molar-refractivity contribution < 1.29 is 14.4 Å². The molecule has 1 atom stereocenters. The monoisotopic (exact) mass is 377 g/mol. The SMILES string of the molecule is O=[N+]([O-])c1ccc2c(c1)C(=C(Cl)Cl)O[C@H](C(Cl)(Cl)Cl)O2. The fourth-order valence-corrected chi connectivity index (χ4v) is 2.06. The van der Waals surface area contributed by atoms with Gasteiger partial charge in [-0.25, -0.2) is 0 Å². The van der Waals surface area contributed by atoms with Crippen LogP contribution in [0.15, 0.2) is 22.7 Å². The van der Waals surface area contributed by atoms with Gasteiger partial charge in [0.05, 0.1) is 10.5 Å². The molecule has 1 aromatic rings. The van der Waals surface area contributed by atoms with Crippen LogP contribution in [0.4, 0.5) is 5.69 Å². The molecule has 1 aliphatic rings. The van der Waals surface area contributed by atoms with Crippen molar-refractivity contribution in [2.45, 2.75) is 10.1 Å². The lowest BCUT2D eigenvalue weighted by atomic mass is 10.1. The molecule has 20 heavy (non-hydrogen) atoms. The maximum Gasteiger partial charge on any atom is 0.288 e. The van der Waals surface area contributed by atoms with Gasteiger partial charge in [0, 0.05) is 12.1 Å². The molecule has 0 bridgehead atoms. The zero-order chi connectivity index (χ0) is 15.1. The van der Waals surface area contributed by atoms with Gasteiger partial charge in [0.2, 0.25) is 0 Å². The Hall–Kier alpha value is -0.590. The van der Waals surface area contributed by atoms with E-state index < -0.39 is 15.0 Å². The molecule has 5 nitrogen and oxygen atoms in total. The average molecular weight is 379 g/mol. The molecule has 0 amide bonds. The van der Waals surface area contributed by atoms with E-state index in [1.807, 2.05) is 0 Å². The molecule has 0 fully saturated rings. The summed E-state index contributed by atoms with van der Waals surface area (Å²) < 4.78 is 8.40. The number of nitro benzene ring substituents is 1. The molecule has 0 aromatic heterocycles. The van der Waals surface area contributed by atoms with Crippen LogP contribution in [0, 0.1) is 10.1 Å². The third-order valence-electron chi connectivity index (χ3n) is 2.32. The van der Waals surface area contributed by atoms with Gasteiger partial charge in [-0.2, -0.15) is 0 Å². The van der Waals surface area contributed by atoms with E-state index in [9.17, 15) is 10.1 Å². The number of non-ortho nitro benzene ring substituents is 1. The molecule has 0 saturated heterocycles. The largest absolute Gasteiger partial charge is 0.450 e. The van der Waals surface area contributed by atoms with Crippen molar-refractivity contribution in [1.82, 2.24) is 0 Å². The lowest BCUT2D eigenvalue weighted by Gasteiger charge is -2.32. The number of halogens is 5. The fraction of sp³-hybridized carbons (Fsp3) is 0.200. The number of alkyl halides is 3. The second-order valence-corrected chi connectivity index (χ2v) is 6.95. The highest BCUT2D eigenvalue weighted by Gasteiger charge is 2.42. The Labute approximate surface area is 138 Å². The zero-order valence-corrected chi connectivity index (χ0v) is 13.1. The van der Waals surface area contributed by atoms with Gasteiger partial charge in [0.15, 0.2) is 5.76 Å². The molecule has 0 unspecified atom stereocenters. The molecule has 1 aliphatic heterocycles. The third kappa shape index (κ3) is 3.18. The maximum atomic E-state index is 10.8. The summed E-state index contributed by atoms with van der Waals surface area (Å²) in [6, 6.07) is 3.78. The molecule has 0 N–H and O–H groups in total. The van der Waals surface area contributed by atoms with E-state index in [-0.39, 0.29) is 27.3 Å². The first-order valence-corrected chi connectivity index (χ1v) is 6.83. The quantitative estimate of drug-likeness (QED) is 0.399. The van der Waals surface area contributed by atoms with E-state index in [0.29, 0.717) is 0 Å². The van der Waals surface area contributed by atoms with Gasteiger partial charge in [-0.15, -0.1) is 0 Å². The van der Waals surface area contributed by atoms with Crippen LogP contribution < -0.4 is 4.74 Å². The number of ether oxygens (including phenoxy) is 2. The Morgan fingerprint density at radius 1 is 1.25 bits per heavy atom. The Bertz CT molecular complexity index is 594. The Morgan fingerprint density at radius 2 is 1.90 bits per heavy atom. The molecule has 2 rings (SSSR count). The van der Waals surface area contributed by atoms with Crippen LogP contribution in [0.1, 0.15) is 5.56 Å². The summed E-state index contributed by atoms with van der Waals surface area (Å²) in [7, 11) is 0. The van der Waals surface area contributed by atoms with Crippen molar-refractivity contribution in [3.8, 4) is 5.75 Å². The van der Waals surface area contributed by atoms with Crippen molar-refractivity contribution in [2.75, 3.05) is 0 Å². The van der Waals surface area contributed by atoms with Gasteiger partial charge < -0.3 is 9.47 Å². The van der Waals surface area contributed by atoms with Gasteiger partial charge >= 0.3 is 0 Å². The normalized spacial score (nSPS) is 17.9. The van der Waals surface area contributed by atoms with Crippen LogP contribution in [0.2, 0.25) is 0 Å². The summed E-state index contributed by atoms with van der Waals surface area (Å²) >= 11 is 28.5. The van der Waals surface area contributed by atoms with Crippen molar-refractivity contribution in [3.05, 3.63) is 38.4 Å². The standard InChI is InChI=1S/C10H4Cl5NO4/c11-8(12)7-5-3-4(16(17)18)1-2-6(5)19-9(20-7)10(13,14)15/h1-3,9H/t9-/m1/s1. The number of benzene rings is 1. The van der Waals surface area contributed by atoms with Crippen molar-refractivity contribution in [3.63, 3.8) is 0 Å². The summed E-state index contributed by atoms with van der Waals surface area (Å²) in [5.74, 6) is 0.140. The molecule has 10 heteroatoms. The minimum atomic E-state index is -1.89. The van der Waals surface area contributed by atoms with Crippen LogP contribution in [0.25, 0.3) is 5.76 Å². The van der Waals surface area contributed by atoms with Crippen LogP contribution in [-0.2, 0) is 4.74 Å². The third-order valence-corrected chi connectivity index (χ3v) is 3.19. The number of hydrogen-bond acceptors (Lipinski definition) is 4. The predicted octanol–water partition coefficient (Wildman–Crippen LogP) is 4.80. The van der Waals surface area contributed by atoms with E-state index in [2.05, 4.69) is 0 Å². The first kappa shape index (κ1) is 15.8. The van der Waals surface area contributed by atoms with Crippen molar-refractivity contribution in [2.24, 2.45) is 0 Å². The minimum absolute atomic E-state index is 0.0605. The number of nitrogens with zero attached hydrogens (tertiary/aromatic N) is 1.